The number of allylic oxidation sites excluding steroid dienone is 3. The average molecular weight is 306 g/mol. The molecule has 18 heavy (non-hydrogen) atoms. The molecule has 0 aromatic rings. The predicted molar refractivity (Wildman–Crippen MR) is 85.0 cm³/mol. The zero-order valence-corrected chi connectivity index (χ0v) is 13.1. The van der Waals surface area contributed by atoms with Gasteiger partial charge in [-0.05, 0) is 30.5 Å². The zero-order chi connectivity index (χ0) is 13.8. The molecule has 0 aromatic carbocycles. The Kier molecular flexibility index (Phi) is 11.3. The van der Waals surface area contributed by atoms with Gasteiger partial charge < -0.3 is 10.3 Å². The molecule has 102 valence electrons. The fraction of sp³-hybridized carbons (Fsp3) is 0.455. The van der Waals surface area contributed by atoms with Crippen LogP contribution in [-0.4, -0.2) is 30.7 Å². The lowest BCUT2D eigenvalue weighted by Gasteiger charge is -2.01. The highest BCUT2D eigenvalue weighted by Crippen LogP contribution is 2.33. The number of carbonyl (C=O) groups excluding carboxylic acids is 1. The van der Waals surface area contributed by atoms with E-state index in [1.54, 1.807) is 10.8 Å². The Bertz CT molecular complexity index is 357. The van der Waals surface area contributed by atoms with Crippen molar-refractivity contribution in [1.29, 1.82) is 0 Å². The highest BCUT2D eigenvalue weighted by Gasteiger charge is 2.03. The Hall–Kier alpha value is -0.450. The summed E-state index contributed by atoms with van der Waals surface area (Å²) in [5.41, 5.74) is 5.00. The second-order valence-electron chi connectivity index (χ2n) is 3.35. The first-order chi connectivity index (χ1) is 8.60. The normalized spacial score (nSPS) is 13.7. The van der Waals surface area contributed by atoms with Crippen molar-refractivity contribution in [2.75, 3.05) is 18.1 Å². The number of rotatable bonds is 10. The Morgan fingerprint density at radius 3 is 2.78 bits per heavy atom. The molecule has 1 amide bonds. The Labute approximate surface area is 117 Å². The van der Waals surface area contributed by atoms with E-state index in [1.807, 2.05) is 25.2 Å². The summed E-state index contributed by atoms with van der Waals surface area (Å²) >= 11 is 0. The maximum absolute atomic E-state index is 11.5. The van der Waals surface area contributed by atoms with Crippen LogP contribution >= 0.6 is 29.4 Å². The largest absolute Gasteiger partial charge is 0.370 e. The van der Waals surface area contributed by atoms with Crippen LogP contribution in [0.15, 0.2) is 28.2 Å². The molecule has 1 atom stereocenters. The van der Waals surface area contributed by atoms with Crippen LogP contribution in [0.3, 0.4) is 0 Å². The van der Waals surface area contributed by atoms with Crippen molar-refractivity contribution in [1.82, 2.24) is 0 Å². The third-order valence-corrected chi connectivity index (χ3v) is 6.11. The smallest absolute Gasteiger partial charge is 0.217 e. The summed E-state index contributed by atoms with van der Waals surface area (Å²) in [7, 11) is 1.43. The first-order valence-electron chi connectivity index (χ1n) is 5.49. The summed E-state index contributed by atoms with van der Waals surface area (Å²) in [6.07, 6.45) is 6.96. The summed E-state index contributed by atoms with van der Waals surface area (Å²) in [6.45, 7) is 5.41. The van der Waals surface area contributed by atoms with Gasteiger partial charge in [-0.2, -0.15) is 0 Å². The standard InChI is InChI=1S/C11H19N2O2PS2/c1-3-4-5-11(13-2)18-17-9-8-16(15)7-6-10(12)14/h3-5,16H,2,6-9H2,1H3,(H2,12,14)/b4-3-,11-5+. The number of aliphatic imine (C=N–C) groups is 1. The molecule has 0 aromatic heterocycles. The van der Waals surface area contributed by atoms with Crippen LogP contribution in [0, 0.1) is 0 Å². The van der Waals surface area contributed by atoms with Gasteiger partial charge in [0.25, 0.3) is 0 Å². The van der Waals surface area contributed by atoms with Gasteiger partial charge in [0, 0.05) is 24.5 Å². The zero-order valence-electron chi connectivity index (χ0n) is 10.4. The highest BCUT2D eigenvalue weighted by atomic mass is 33.1. The van der Waals surface area contributed by atoms with E-state index in [9.17, 15) is 9.36 Å². The summed E-state index contributed by atoms with van der Waals surface area (Å²) < 4.78 is 11.5. The molecule has 0 aliphatic carbocycles. The van der Waals surface area contributed by atoms with Crippen molar-refractivity contribution in [3.8, 4) is 0 Å². The molecule has 1 unspecified atom stereocenters. The number of carbonyl (C=O) groups is 1. The monoisotopic (exact) mass is 306 g/mol. The summed E-state index contributed by atoms with van der Waals surface area (Å²) in [6, 6.07) is 0. The molecule has 0 saturated carbocycles. The molecule has 0 aliphatic rings. The highest BCUT2D eigenvalue weighted by molar-refractivity contribution is 8.78. The molecule has 0 spiro atoms. The Morgan fingerprint density at radius 1 is 1.50 bits per heavy atom. The summed E-state index contributed by atoms with van der Waals surface area (Å²) in [5.74, 6) is 0.381. The summed E-state index contributed by atoms with van der Waals surface area (Å²) in [4.78, 5) is 14.4. The molecule has 0 aliphatic heterocycles. The number of amides is 1. The molecular formula is C11H19N2O2PS2. The topological polar surface area (TPSA) is 72.5 Å². The maximum atomic E-state index is 11.5. The van der Waals surface area contributed by atoms with Gasteiger partial charge in [0.15, 0.2) is 0 Å². The average Bonchev–Trinajstić information content (AvgIpc) is 2.35. The lowest BCUT2D eigenvalue weighted by Crippen LogP contribution is -2.11. The molecule has 7 heteroatoms. The van der Waals surface area contributed by atoms with Gasteiger partial charge in [0.2, 0.25) is 5.91 Å². The molecule has 4 nitrogen and oxygen atoms in total. The van der Waals surface area contributed by atoms with Crippen LogP contribution in [0.1, 0.15) is 13.3 Å². The molecule has 0 heterocycles. The molecule has 0 fully saturated rings. The van der Waals surface area contributed by atoms with Gasteiger partial charge >= 0.3 is 0 Å². The lowest BCUT2D eigenvalue weighted by atomic mass is 10.5. The number of nitrogens with two attached hydrogens (primary N) is 1. The SMILES string of the molecule is C=N/C(=C\C=C/C)SSCC[PH](=O)CCC(N)=O. The van der Waals surface area contributed by atoms with Crippen molar-refractivity contribution in [2.24, 2.45) is 10.7 Å². The molecule has 2 N–H and O–H groups in total. The van der Waals surface area contributed by atoms with Crippen molar-refractivity contribution < 1.29 is 9.36 Å². The summed E-state index contributed by atoms with van der Waals surface area (Å²) in [5, 5.41) is 0.829. The van der Waals surface area contributed by atoms with E-state index in [4.69, 9.17) is 5.73 Å². The lowest BCUT2D eigenvalue weighted by molar-refractivity contribution is -0.117. The van der Waals surface area contributed by atoms with Crippen LogP contribution in [0.25, 0.3) is 0 Å². The minimum atomic E-state index is -1.67. The number of primary amides is 1. The van der Waals surface area contributed by atoms with E-state index < -0.39 is 7.80 Å². The van der Waals surface area contributed by atoms with Crippen LogP contribution in [0.4, 0.5) is 0 Å². The van der Waals surface area contributed by atoms with Gasteiger partial charge in [0.05, 0.1) is 7.80 Å². The fourth-order valence-electron chi connectivity index (χ4n) is 0.931. The van der Waals surface area contributed by atoms with E-state index in [2.05, 4.69) is 11.7 Å². The van der Waals surface area contributed by atoms with E-state index in [0.29, 0.717) is 12.3 Å². The van der Waals surface area contributed by atoms with Crippen molar-refractivity contribution >= 4 is 42.0 Å². The van der Waals surface area contributed by atoms with Crippen LogP contribution in [0.2, 0.25) is 0 Å². The Morgan fingerprint density at radius 2 is 2.22 bits per heavy atom. The number of hydrogen-bond donors (Lipinski definition) is 1. The van der Waals surface area contributed by atoms with Gasteiger partial charge in [-0.25, -0.2) is 0 Å². The van der Waals surface area contributed by atoms with Crippen molar-refractivity contribution in [3.63, 3.8) is 0 Å². The Balaban J connectivity index is 3.75. The molecule has 0 radical (unpaired) electrons. The number of nitrogens with zero attached hydrogens (tertiary/aromatic N) is 1. The second-order valence-corrected chi connectivity index (χ2v) is 7.86. The van der Waals surface area contributed by atoms with Gasteiger partial charge in [-0.1, -0.05) is 22.9 Å². The van der Waals surface area contributed by atoms with E-state index >= 15 is 0 Å². The number of hydrogen-bond acceptors (Lipinski definition) is 5. The van der Waals surface area contributed by atoms with E-state index in [0.717, 1.165) is 10.8 Å². The first-order valence-corrected chi connectivity index (χ1v) is 9.63. The second kappa shape index (κ2) is 11.6. The minimum Gasteiger partial charge on any atom is -0.370 e. The van der Waals surface area contributed by atoms with E-state index in [1.165, 1.54) is 10.8 Å². The molecule has 0 bridgehead atoms. The first kappa shape index (κ1) is 17.6. The van der Waals surface area contributed by atoms with Crippen LogP contribution in [-0.2, 0) is 9.36 Å². The van der Waals surface area contributed by atoms with Gasteiger partial charge in [-0.3, -0.25) is 9.79 Å². The third-order valence-electron chi connectivity index (χ3n) is 1.85. The van der Waals surface area contributed by atoms with Gasteiger partial charge in [0.1, 0.15) is 5.03 Å². The van der Waals surface area contributed by atoms with Crippen LogP contribution < -0.4 is 5.73 Å². The predicted octanol–water partition coefficient (Wildman–Crippen LogP) is 2.92. The quantitative estimate of drug-likeness (QED) is 0.221. The molecule has 0 rings (SSSR count). The van der Waals surface area contributed by atoms with Crippen molar-refractivity contribution in [2.45, 2.75) is 13.3 Å². The fourth-order valence-corrected chi connectivity index (χ4v) is 5.03. The van der Waals surface area contributed by atoms with E-state index in [-0.39, 0.29) is 12.3 Å². The molecular weight excluding hydrogens is 287 g/mol. The van der Waals surface area contributed by atoms with Gasteiger partial charge in [-0.15, -0.1) is 0 Å². The maximum Gasteiger partial charge on any atom is 0.217 e. The third kappa shape index (κ3) is 10.7. The minimum absolute atomic E-state index is 0.219. The van der Waals surface area contributed by atoms with Crippen LogP contribution in [0.5, 0.6) is 0 Å². The van der Waals surface area contributed by atoms with Crippen molar-refractivity contribution in [3.05, 3.63) is 23.3 Å². The molecule has 0 saturated heterocycles.